The van der Waals surface area contributed by atoms with E-state index in [0.29, 0.717) is 11.6 Å². The summed E-state index contributed by atoms with van der Waals surface area (Å²) < 4.78 is 2.94. The SMILES string of the molecule is CCCc1nc(-c2ccc(Br)c(Br)c2)nc(N)c1I. The minimum Gasteiger partial charge on any atom is -0.383 e. The minimum absolute atomic E-state index is 0.549. The summed E-state index contributed by atoms with van der Waals surface area (Å²) in [5.41, 5.74) is 7.95. The van der Waals surface area contributed by atoms with Crippen LogP contribution in [0.2, 0.25) is 0 Å². The second-order valence-electron chi connectivity index (χ2n) is 4.07. The highest BCUT2D eigenvalue weighted by Gasteiger charge is 2.11. The second kappa shape index (κ2) is 6.49. The number of nitrogen functional groups attached to an aromatic ring is 1. The summed E-state index contributed by atoms with van der Waals surface area (Å²) in [5.74, 6) is 1.22. The molecule has 0 atom stereocenters. The Bertz CT molecular complexity index is 617. The zero-order chi connectivity index (χ0) is 14.0. The van der Waals surface area contributed by atoms with Gasteiger partial charge in [-0.1, -0.05) is 13.3 Å². The fourth-order valence-corrected chi connectivity index (χ4v) is 2.82. The van der Waals surface area contributed by atoms with Crippen LogP contribution < -0.4 is 5.73 Å². The van der Waals surface area contributed by atoms with E-state index in [2.05, 4.69) is 71.3 Å². The molecule has 0 bridgehead atoms. The van der Waals surface area contributed by atoms with Crippen molar-refractivity contribution in [2.24, 2.45) is 0 Å². The maximum Gasteiger partial charge on any atom is 0.161 e. The third kappa shape index (κ3) is 3.46. The van der Waals surface area contributed by atoms with Crippen molar-refractivity contribution in [2.75, 3.05) is 5.73 Å². The summed E-state index contributed by atoms with van der Waals surface area (Å²) >= 11 is 9.15. The quantitative estimate of drug-likeness (QED) is 0.621. The molecule has 6 heteroatoms. The number of nitrogens with two attached hydrogens (primary N) is 1. The van der Waals surface area contributed by atoms with Crippen LogP contribution in [0.25, 0.3) is 11.4 Å². The Morgan fingerprint density at radius 1 is 1.21 bits per heavy atom. The van der Waals surface area contributed by atoms with E-state index in [4.69, 9.17) is 5.73 Å². The highest BCUT2D eigenvalue weighted by Crippen LogP contribution is 2.29. The maximum atomic E-state index is 5.98. The zero-order valence-corrected chi connectivity index (χ0v) is 15.6. The smallest absolute Gasteiger partial charge is 0.161 e. The van der Waals surface area contributed by atoms with E-state index in [0.717, 1.165) is 36.6 Å². The molecule has 100 valence electrons. The Labute approximate surface area is 142 Å². The van der Waals surface area contributed by atoms with E-state index >= 15 is 0 Å². The van der Waals surface area contributed by atoms with Crippen LogP contribution in [0.5, 0.6) is 0 Å². The number of halogens is 3. The van der Waals surface area contributed by atoms with Crippen LogP contribution >= 0.6 is 54.5 Å². The number of aromatic nitrogens is 2. The Morgan fingerprint density at radius 2 is 1.95 bits per heavy atom. The lowest BCUT2D eigenvalue weighted by Gasteiger charge is -2.09. The molecule has 0 unspecified atom stereocenters. The van der Waals surface area contributed by atoms with Gasteiger partial charge in [0.15, 0.2) is 5.82 Å². The maximum absolute atomic E-state index is 5.98. The van der Waals surface area contributed by atoms with Crippen molar-refractivity contribution in [3.05, 3.63) is 36.4 Å². The number of nitrogens with zero attached hydrogens (tertiary/aromatic N) is 2. The van der Waals surface area contributed by atoms with Crippen LogP contribution in [0.1, 0.15) is 19.0 Å². The molecule has 2 N–H and O–H groups in total. The first-order chi connectivity index (χ1) is 9.02. The van der Waals surface area contributed by atoms with Crippen molar-refractivity contribution in [3.63, 3.8) is 0 Å². The van der Waals surface area contributed by atoms with Gasteiger partial charge < -0.3 is 5.73 Å². The second-order valence-corrected chi connectivity index (χ2v) is 6.86. The molecule has 2 rings (SSSR count). The lowest BCUT2D eigenvalue weighted by molar-refractivity contribution is 0.869. The van der Waals surface area contributed by atoms with Crippen molar-refractivity contribution in [2.45, 2.75) is 19.8 Å². The lowest BCUT2D eigenvalue weighted by Crippen LogP contribution is -2.05. The molecule has 0 aliphatic heterocycles. The van der Waals surface area contributed by atoms with Crippen molar-refractivity contribution in [1.29, 1.82) is 0 Å². The molecular weight excluding hydrogens is 485 g/mol. The van der Waals surface area contributed by atoms with E-state index in [1.54, 1.807) is 0 Å². The van der Waals surface area contributed by atoms with Gasteiger partial charge in [0.05, 0.1) is 9.26 Å². The van der Waals surface area contributed by atoms with Crippen LogP contribution in [-0.2, 0) is 6.42 Å². The zero-order valence-electron chi connectivity index (χ0n) is 10.3. The number of hydrogen-bond donors (Lipinski definition) is 1. The number of benzene rings is 1. The summed E-state index contributed by atoms with van der Waals surface area (Å²) in [4.78, 5) is 9.01. The molecular formula is C13H12Br2IN3. The molecule has 0 aliphatic carbocycles. The summed E-state index contributed by atoms with van der Waals surface area (Å²) in [6.07, 6.45) is 1.95. The molecule has 0 aliphatic rings. The van der Waals surface area contributed by atoms with Crippen LogP contribution in [0, 0.1) is 3.57 Å². The number of anilines is 1. The number of hydrogen-bond acceptors (Lipinski definition) is 3. The molecule has 0 amide bonds. The van der Waals surface area contributed by atoms with Crippen molar-refractivity contribution in [3.8, 4) is 11.4 Å². The third-order valence-electron chi connectivity index (χ3n) is 2.61. The molecule has 1 heterocycles. The standard InChI is InChI=1S/C13H12Br2IN3/c1-2-3-10-11(16)12(17)19-13(18-10)7-4-5-8(14)9(15)6-7/h4-6H,2-3H2,1H3,(H2,17,18,19). The fourth-order valence-electron chi connectivity index (χ4n) is 1.68. The van der Waals surface area contributed by atoms with Crippen molar-refractivity contribution < 1.29 is 0 Å². The van der Waals surface area contributed by atoms with Crippen molar-refractivity contribution >= 4 is 60.3 Å². The van der Waals surface area contributed by atoms with E-state index in [-0.39, 0.29) is 0 Å². The monoisotopic (exact) mass is 495 g/mol. The molecule has 0 fully saturated rings. The van der Waals surface area contributed by atoms with Crippen LogP contribution in [0.15, 0.2) is 27.1 Å². The number of rotatable bonds is 3. The molecule has 0 saturated heterocycles. The highest BCUT2D eigenvalue weighted by atomic mass is 127. The third-order valence-corrected chi connectivity index (χ3v) is 5.66. The van der Waals surface area contributed by atoms with E-state index in [1.807, 2.05) is 18.2 Å². The minimum atomic E-state index is 0.549. The molecule has 0 saturated carbocycles. The first kappa shape index (κ1) is 15.2. The predicted octanol–water partition coefficient (Wildman–Crippen LogP) is 4.81. The number of aryl methyl sites for hydroxylation is 1. The van der Waals surface area contributed by atoms with Crippen LogP contribution in [0.4, 0.5) is 5.82 Å². The first-order valence-electron chi connectivity index (χ1n) is 5.80. The molecule has 3 nitrogen and oxygen atoms in total. The summed E-state index contributed by atoms with van der Waals surface area (Å²) in [6, 6.07) is 5.93. The molecule has 0 spiro atoms. The topological polar surface area (TPSA) is 51.8 Å². The molecule has 0 radical (unpaired) electrons. The highest BCUT2D eigenvalue weighted by molar-refractivity contribution is 14.1. The van der Waals surface area contributed by atoms with Gasteiger partial charge in [0.1, 0.15) is 5.82 Å². The van der Waals surface area contributed by atoms with E-state index < -0.39 is 0 Å². The summed E-state index contributed by atoms with van der Waals surface area (Å²) in [5, 5.41) is 0. The average Bonchev–Trinajstić information content (AvgIpc) is 2.38. The predicted molar refractivity (Wildman–Crippen MR) is 94.0 cm³/mol. The van der Waals surface area contributed by atoms with Gasteiger partial charge >= 0.3 is 0 Å². The largest absolute Gasteiger partial charge is 0.383 e. The van der Waals surface area contributed by atoms with Crippen LogP contribution in [-0.4, -0.2) is 9.97 Å². The van der Waals surface area contributed by atoms with Gasteiger partial charge in [-0.3, -0.25) is 0 Å². The Kier molecular flexibility index (Phi) is 5.19. The van der Waals surface area contributed by atoms with Gasteiger partial charge in [-0.05, 0) is 79.1 Å². The molecule has 2 aromatic rings. The van der Waals surface area contributed by atoms with Crippen molar-refractivity contribution in [1.82, 2.24) is 9.97 Å². The summed E-state index contributed by atoms with van der Waals surface area (Å²) in [6.45, 7) is 2.13. The molecule has 19 heavy (non-hydrogen) atoms. The lowest BCUT2D eigenvalue weighted by atomic mass is 10.2. The Hall–Kier alpha value is -0.210. The Balaban J connectivity index is 2.52. The molecule has 1 aromatic carbocycles. The van der Waals surface area contributed by atoms with Gasteiger partial charge in [-0.25, -0.2) is 9.97 Å². The van der Waals surface area contributed by atoms with Gasteiger partial charge in [-0.15, -0.1) is 0 Å². The Morgan fingerprint density at radius 3 is 2.58 bits per heavy atom. The van der Waals surface area contributed by atoms with Gasteiger partial charge in [0.2, 0.25) is 0 Å². The van der Waals surface area contributed by atoms with E-state index in [1.165, 1.54) is 0 Å². The van der Waals surface area contributed by atoms with Gasteiger partial charge in [-0.2, -0.15) is 0 Å². The van der Waals surface area contributed by atoms with Gasteiger partial charge in [0, 0.05) is 14.5 Å². The van der Waals surface area contributed by atoms with Gasteiger partial charge in [0.25, 0.3) is 0 Å². The van der Waals surface area contributed by atoms with Crippen LogP contribution in [0.3, 0.4) is 0 Å². The average molecular weight is 497 g/mol. The van der Waals surface area contributed by atoms with E-state index in [9.17, 15) is 0 Å². The molecule has 1 aromatic heterocycles. The summed E-state index contributed by atoms with van der Waals surface area (Å²) in [7, 11) is 0. The normalized spacial score (nSPS) is 10.7. The first-order valence-corrected chi connectivity index (χ1v) is 8.46. The fraction of sp³-hybridized carbons (Fsp3) is 0.231.